The molecule has 36 heavy (non-hydrogen) atoms. The summed E-state index contributed by atoms with van der Waals surface area (Å²) < 4.78 is 8.46. The van der Waals surface area contributed by atoms with Crippen molar-refractivity contribution in [3.05, 3.63) is 99.2 Å². The van der Waals surface area contributed by atoms with Gasteiger partial charge in [-0.3, -0.25) is 4.57 Å². The van der Waals surface area contributed by atoms with Gasteiger partial charge in [0.05, 0.1) is 18.3 Å². The Morgan fingerprint density at radius 2 is 1.69 bits per heavy atom. The number of thiol groups is 1. The van der Waals surface area contributed by atoms with Crippen LogP contribution in [-0.4, -0.2) is 36.5 Å². The van der Waals surface area contributed by atoms with E-state index < -0.39 is 11.3 Å². The van der Waals surface area contributed by atoms with Crippen molar-refractivity contribution in [2.75, 3.05) is 7.11 Å². The van der Waals surface area contributed by atoms with Crippen LogP contribution in [0.25, 0.3) is 22.2 Å². The summed E-state index contributed by atoms with van der Waals surface area (Å²) in [6.45, 7) is 0. The van der Waals surface area contributed by atoms with E-state index in [2.05, 4.69) is 27.8 Å². The van der Waals surface area contributed by atoms with Gasteiger partial charge < -0.3 is 14.4 Å². The van der Waals surface area contributed by atoms with E-state index in [1.165, 1.54) is 4.57 Å². The average Bonchev–Trinajstić information content (AvgIpc) is 3.24. The first-order valence-corrected chi connectivity index (χ1v) is 11.8. The molecule has 0 radical (unpaired) electrons. The maximum atomic E-state index is 12.7. The molecule has 1 atom stereocenters. The molecule has 0 bridgehead atoms. The van der Waals surface area contributed by atoms with Gasteiger partial charge in [0.15, 0.2) is 16.6 Å². The highest BCUT2D eigenvalue weighted by atomic mass is 35.5. The van der Waals surface area contributed by atoms with Crippen LogP contribution in [0.1, 0.15) is 17.0 Å². The van der Waals surface area contributed by atoms with Gasteiger partial charge >= 0.3 is 5.69 Å². The van der Waals surface area contributed by atoms with Crippen LogP contribution >= 0.6 is 24.2 Å². The second-order valence-electron chi connectivity index (χ2n) is 8.37. The molecule has 0 aliphatic heterocycles. The molecule has 0 fully saturated rings. The third kappa shape index (κ3) is 3.85. The molecule has 2 heterocycles. The van der Waals surface area contributed by atoms with Gasteiger partial charge in [-0.05, 0) is 47.5 Å². The van der Waals surface area contributed by atoms with E-state index in [4.69, 9.17) is 16.3 Å². The molecule has 10 heteroatoms. The number of halogens is 1. The molecule has 0 aliphatic carbocycles. The minimum atomic E-state index is -1.71. The second kappa shape index (κ2) is 9.09. The van der Waals surface area contributed by atoms with Crippen LogP contribution in [0.4, 0.5) is 0 Å². The highest BCUT2D eigenvalue weighted by Crippen LogP contribution is 2.39. The van der Waals surface area contributed by atoms with Crippen LogP contribution in [0.15, 0.2) is 76.7 Å². The van der Waals surface area contributed by atoms with Crippen molar-refractivity contribution >= 4 is 35.1 Å². The van der Waals surface area contributed by atoms with E-state index in [0.29, 0.717) is 49.2 Å². The van der Waals surface area contributed by atoms with Gasteiger partial charge in [-0.2, -0.15) is 4.98 Å². The third-order valence-electron chi connectivity index (χ3n) is 6.31. The number of aromatic nitrogens is 5. The number of nitrogens with zero attached hydrogens (tertiary/aromatic N) is 5. The summed E-state index contributed by atoms with van der Waals surface area (Å²) in [6.07, 6.45) is 0. The molecular formula is C26H22ClN5O3S. The Kier molecular flexibility index (Phi) is 6.07. The van der Waals surface area contributed by atoms with Crippen molar-refractivity contribution in [2.24, 2.45) is 14.1 Å². The summed E-state index contributed by atoms with van der Waals surface area (Å²) in [7, 11) is 4.97. The number of rotatable bonds is 5. The van der Waals surface area contributed by atoms with Gasteiger partial charge in [-0.25, -0.2) is 4.79 Å². The normalized spacial score (nSPS) is 13.1. The van der Waals surface area contributed by atoms with Gasteiger partial charge in [-0.15, -0.1) is 22.8 Å². The highest BCUT2D eigenvalue weighted by molar-refractivity contribution is 7.80. The smallest absolute Gasteiger partial charge is 0.348 e. The summed E-state index contributed by atoms with van der Waals surface area (Å²) in [4.78, 5) is 17.1. The van der Waals surface area contributed by atoms with Gasteiger partial charge in [0.25, 0.3) is 0 Å². The number of hydrogen-bond acceptors (Lipinski definition) is 7. The number of ether oxygens (including phenoxy) is 1. The van der Waals surface area contributed by atoms with Crippen molar-refractivity contribution in [3.8, 4) is 17.0 Å². The van der Waals surface area contributed by atoms with E-state index in [9.17, 15) is 9.90 Å². The first-order chi connectivity index (χ1) is 17.2. The summed E-state index contributed by atoms with van der Waals surface area (Å²) in [5, 5.41) is 22.2. The SMILES string of the molecule is COc1cccc(-c2nc(=O)n(C)c3ccc(C(O)(c4ccc(Cl)cc4)c4nnc(S)n4C)cc23)c1. The largest absolute Gasteiger partial charge is 0.497 e. The van der Waals surface area contributed by atoms with E-state index >= 15 is 0 Å². The van der Waals surface area contributed by atoms with Crippen molar-refractivity contribution in [1.82, 2.24) is 24.3 Å². The monoisotopic (exact) mass is 519 g/mol. The first-order valence-electron chi connectivity index (χ1n) is 11.0. The van der Waals surface area contributed by atoms with Gasteiger partial charge in [0, 0.05) is 30.1 Å². The maximum Gasteiger partial charge on any atom is 0.348 e. The molecule has 0 saturated carbocycles. The van der Waals surface area contributed by atoms with Crippen LogP contribution in [-0.2, 0) is 19.7 Å². The Bertz CT molecular complexity index is 1670. The molecule has 0 spiro atoms. The lowest BCUT2D eigenvalue weighted by Crippen LogP contribution is -2.32. The van der Waals surface area contributed by atoms with Gasteiger partial charge in [0.1, 0.15) is 5.75 Å². The highest BCUT2D eigenvalue weighted by Gasteiger charge is 2.39. The zero-order valence-corrected chi connectivity index (χ0v) is 21.3. The first kappa shape index (κ1) is 24.1. The number of aryl methyl sites for hydroxylation is 1. The number of methoxy groups -OCH3 is 1. The standard InChI is InChI=1S/C26H22ClN5O3S/c1-31-21-12-9-17(14-20(21)22(28-24(31)33)15-5-4-6-19(13-15)35-3)26(34,16-7-10-18(27)11-8-16)23-29-30-25(36)32(23)2/h4-14,34H,1-3H3,(H,30,36). The van der Waals surface area contributed by atoms with Gasteiger partial charge in [0.2, 0.25) is 0 Å². The summed E-state index contributed by atoms with van der Waals surface area (Å²) in [5.74, 6) is 0.909. The number of fused-ring (bicyclic) bond motifs is 1. The topological polar surface area (TPSA) is 95.1 Å². The van der Waals surface area contributed by atoms with Crippen molar-refractivity contribution < 1.29 is 9.84 Å². The fourth-order valence-electron chi connectivity index (χ4n) is 4.32. The van der Waals surface area contributed by atoms with Crippen LogP contribution in [0.5, 0.6) is 5.75 Å². The predicted molar refractivity (Wildman–Crippen MR) is 141 cm³/mol. The fourth-order valence-corrected chi connectivity index (χ4v) is 4.58. The van der Waals surface area contributed by atoms with E-state index in [-0.39, 0.29) is 5.82 Å². The number of hydrogen-bond donors (Lipinski definition) is 2. The molecule has 5 rings (SSSR count). The number of benzene rings is 3. The molecule has 0 saturated heterocycles. The molecule has 1 N–H and O–H groups in total. The van der Waals surface area contributed by atoms with Crippen molar-refractivity contribution in [2.45, 2.75) is 10.8 Å². The van der Waals surface area contributed by atoms with Crippen LogP contribution in [0.2, 0.25) is 5.02 Å². The Hall–Kier alpha value is -3.66. The Morgan fingerprint density at radius 3 is 2.36 bits per heavy atom. The third-order valence-corrected chi connectivity index (χ3v) is 6.95. The Morgan fingerprint density at radius 1 is 0.972 bits per heavy atom. The zero-order valence-electron chi connectivity index (χ0n) is 19.7. The van der Waals surface area contributed by atoms with Crippen molar-refractivity contribution in [3.63, 3.8) is 0 Å². The fraction of sp³-hybridized carbons (Fsp3) is 0.154. The molecule has 1 unspecified atom stereocenters. The second-order valence-corrected chi connectivity index (χ2v) is 9.20. The van der Waals surface area contributed by atoms with Crippen LogP contribution < -0.4 is 10.4 Å². The summed E-state index contributed by atoms with van der Waals surface area (Å²) >= 11 is 10.5. The van der Waals surface area contributed by atoms with E-state index in [1.807, 2.05) is 30.3 Å². The van der Waals surface area contributed by atoms with Crippen LogP contribution in [0, 0.1) is 0 Å². The molecule has 0 amide bonds. The van der Waals surface area contributed by atoms with Crippen LogP contribution in [0.3, 0.4) is 0 Å². The molecule has 182 valence electrons. The summed E-state index contributed by atoms with van der Waals surface area (Å²) in [6, 6.07) is 19.6. The lowest BCUT2D eigenvalue weighted by atomic mass is 9.84. The predicted octanol–water partition coefficient (Wildman–Crippen LogP) is 3.96. The lowest BCUT2D eigenvalue weighted by molar-refractivity contribution is 0.111. The lowest BCUT2D eigenvalue weighted by Gasteiger charge is -2.29. The maximum absolute atomic E-state index is 12.7. The molecule has 3 aromatic carbocycles. The molecule has 2 aromatic heterocycles. The molecule has 0 aliphatic rings. The van der Waals surface area contributed by atoms with Crippen molar-refractivity contribution in [1.29, 1.82) is 0 Å². The van der Waals surface area contributed by atoms with E-state index in [0.717, 1.165) is 0 Å². The summed E-state index contributed by atoms with van der Waals surface area (Å²) in [5.41, 5.74) is 0.779. The number of aliphatic hydroxyl groups is 1. The molecule has 8 nitrogen and oxygen atoms in total. The quantitative estimate of drug-likeness (QED) is 0.341. The molecule has 5 aromatic rings. The van der Waals surface area contributed by atoms with E-state index in [1.54, 1.807) is 62.2 Å². The Balaban J connectivity index is 1.84. The zero-order chi connectivity index (χ0) is 25.6. The average molecular weight is 520 g/mol. The minimum Gasteiger partial charge on any atom is -0.497 e. The Labute approximate surface area is 217 Å². The van der Waals surface area contributed by atoms with Gasteiger partial charge in [-0.1, -0.05) is 41.9 Å². The minimum absolute atomic E-state index is 0.273. The molecular weight excluding hydrogens is 498 g/mol.